The molecule has 0 spiro atoms. The van der Waals surface area contributed by atoms with Gasteiger partial charge in [-0.05, 0) is 30.9 Å². The van der Waals surface area contributed by atoms with Crippen molar-refractivity contribution in [3.05, 3.63) is 34.9 Å². The molecule has 1 saturated heterocycles. The van der Waals surface area contributed by atoms with E-state index in [1.165, 1.54) is 0 Å². The second-order valence-corrected chi connectivity index (χ2v) is 7.49. The van der Waals surface area contributed by atoms with Gasteiger partial charge in [0.25, 0.3) is 0 Å². The molecule has 3 nitrogen and oxygen atoms in total. The van der Waals surface area contributed by atoms with E-state index >= 15 is 0 Å². The molecule has 1 aromatic rings. The van der Waals surface area contributed by atoms with Crippen LogP contribution in [0.4, 0.5) is 0 Å². The van der Waals surface area contributed by atoms with Gasteiger partial charge in [0.1, 0.15) is 9.84 Å². The summed E-state index contributed by atoms with van der Waals surface area (Å²) in [5, 5.41) is 0.700. The molecule has 1 heterocycles. The summed E-state index contributed by atoms with van der Waals surface area (Å²) < 4.78 is 22.8. The fourth-order valence-corrected chi connectivity index (χ4v) is 3.98. The van der Waals surface area contributed by atoms with E-state index in [0.717, 1.165) is 5.56 Å². The van der Waals surface area contributed by atoms with Crippen LogP contribution in [0.1, 0.15) is 18.4 Å². The Balaban J connectivity index is 0.00000162. The van der Waals surface area contributed by atoms with Gasteiger partial charge in [0.05, 0.1) is 11.5 Å². The molecule has 0 unspecified atom stereocenters. The first-order valence-electron chi connectivity index (χ1n) is 5.63. The van der Waals surface area contributed by atoms with Gasteiger partial charge in [-0.1, -0.05) is 29.8 Å². The van der Waals surface area contributed by atoms with Crippen molar-refractivity contribution in [3.8, 4) is 0 Å². The van der Waals surface area contributed by atoms with Crippen LogP contribution < -0.4 is 5.73 Å². The van der Waals surface area contributed by atoms with E-state index in [4.69, 9.17) is 17.3 Å². The molecule has 2 rings (SSSR count). The minimum atomic E-state index is -2.87. The molecular formula is C12H17Cl2NO2S. The monoisotopic (exact) mass is 309 g/mol. The summed E-state index contributed by atoms with van der Waals surface area (Å²) in [6, 6.07) is 7.57. The Bertz CT molecular complexity index is 503. The van der Waals surface area contributed by atoms with E-state index in [1.54, 1.807) is 0 Å². The minimum Gasteiger partial charge on any atom is -0.325 e. The number of halogens is 2. The normalized spacial score (nSPS) is 21.0. The smallest absolute Gasteiger partial charge is 0.150 e. The van der Waals surface area contributed by atoms with Crippen LogP contribution >= 0.6 is 24.0 Å². The molecule has 0 saturated carbocycles. The number of rotatable bonds is 2. The summed E-state index contributed by atoms with van der Waals surface area (Å²) in [5.74, 6) is 0.377. The molecule has 0 atom stereocenters. The SMILES string of the molecule is Cl.NC1(Cc2ccccc2Cl)CCS(=O)(=O)CC1. The predicted molar refractivity (Wildman–Crippen MR) is 77.2 cm³/mol. The highest BCUT2D eigenvalue weighted by molar-refractivity contribution is 7.91. The second-order valence-electron chi connectivity index (χ2n) is 4.78. The Kier molecular flexibility index (Phi) is 5.06. The van der Waals surface area contributed by atoms with Crippen molar-refractivity contribution in [2.24, 2.45) is 5.73 Å². The lowest BCUT2D eigenvalue weighted by Crippen LogP contribution is -2.48. The maximum Gasteiger partial charge on any atom is 0.150 e. The van der Waals surface area contributed by atoms with Gasteiger partial charge in [-0.15, -0.1) is 12.4 Å². The lowest BCUT2D eigenvalue weighted by molar-refractivity contribution is 0.379. The molecule has 1 fully saturated rings. The summed E-state index contributed by atoms with van der Waals surface area (Å²) in [7, 11) is -2.87. The zero-order chi connectivity index (χ0) is 12.5. The molecule has 0 bridgehead atoms. The van der Waals surface area contributed by atoms with E-state index in [9.17, 15) is 8.42 Å². The van der Waals surface area contributed by atoms with Gasteiger partial charge in [0.2, 0.25) is 0 Å². The summed E-state index contributed by atoms with van der Waals surface area (Å²) in [6.07, 6.45) is 1.67. The lowest BCUT2D eigenvalue weighted by atomic mass is 9.86. The maximum atomic E-state index is 11.4. The first-order chi connectivity index (χ1) is 7.90. The first kappa shape index (κ1) is 15.8. The molecule has 1 aliphatic rings. The van der Waals surface area contributed by atoms with Crippen LogP contribution in [-0.4, -0.2) is 25.5 Å². The number of sulfone groups is 1. The van der Waals surface area contributed by atoms with Crippen LogP contribution in [0.5, 0.6) is 0 Å². The average Bonchev–Trinajstić information content (AvgIpc) is 2.27. The molecule has 0 radical (unpaired) electrons. The van der Waals surface area contributed by atoms with Crippen molar-refractivity contribution in [2.45, 2.75) is 24.8 Å². The Labute approximate surface area is 119 Å². The Morgan fingerprint density at radius 1 is 1.22 bits per heavy atom. The van der Waals surface area contributed by atoms with Crippen molar-refractivity contribution in [2.75, 3.05) is 11.5 Å². The highest BCUT2D eigenvalue weighted by atomic mass is 35.5. The van der Waals surface area contributed by atoms with Gasteiger partial charge >= 0.3 is 0 Å². The van der Waals surface area contributed by atoms with E-state index in [2.05, 4.69) is 0 Å². The summed E-state index contributed by atoms with van der Waals surface area (Å²) in [6.45, 7) is 0. The maximum absolute atomic E-state index is 11.4. The molecule has 0 amide bonds. The number of hydrogen-bond acceptors (Lipinski definition) is 3. The van der Waals surface area contributed by atoms with E-state index in [1.807, 2.05) is 24.3 Å². The largest absolute Gasteiger partial charge is 0.325 e. The Morgan fingerprint density at radius 3 is 2.33 bits per heavy atom. The lowest BCUT2D eigenvalue weighted by Gasteiger charge is -2.33. The van der Waals surface area contributed by atoms with Crippen LogP contribution in [0.25, 0.3) is 0 Å². The summed E-state index contributed by atoms with van der Waals surface area (Å²) in [4.78, 5) is 0. The van der Waals surface area contributed by atoms with E-state index in [-0.39, 0.29) is 23.9 Å². The van der Waals surface area contributed by atoms with Crippen molar-refractivity contribution in [1.82, 2.24) is 0 Å². The van der Waals surface area contributed by atoms with Crippen molar-refractivity contribution < 1.29 is 8.42 Å². The quantitative estimate of drug-likeness (QED) is 0.911. The molecule has 0 aromatic heterocycles. The van der Waals surface area contributed by atoms with E-state index < -0.39 is 15.4 Å². The van der Waals surface area contributed by atoms with Gasteiger partial charge in [-0.25, -0.2) is 8.42 Å². The Morgan fingerprint density at radius 2 is 1.78 bits per heavy atom. The Hall–Kier alpha value is -0.290. The van der Waals surface area contributed by atoms with Crippen molar-refractivity contribution >= 4 is 33.8 Å². The summed E-state index contributed by atoms with van der Waals surface area (Å²) >= 11 is 6.09. The van der Waals surface area contributed by atoms with Crippen LogP contribution in [0, 0.1) is 0 Å². The van der Waals surface area contributed by atoms with Crippen molar-refractivity contribution in [1.29, 1.82) is 0 Å². The topological polar surface area (TPSA) is 60.2 Å². The molecule has 6 heteroatoms. The van der Waals surface area contributed by atoms with Gasteiger partial charge in [-0.3, -0.25) is 0 Å². The highest BCUT2D eigenvalue weighted by Crippen LogP contribution is 2.28. The van der Waals surface area contributed by atoms with E-state index in [0.29, 0.717) is 24.3 Å². The third-order valence-electron chi connectivity index (χ3n) is 3.32. The predicted octanol–water partition coefficient (Wildman–Crippen LogP) is 2.21. The average molecular weight is 310 g/mol. The second kappa shape index (κ2) is 5.78. The molecular weight excluding hydrogens is 293 g/mol. The number of hydrogen-bond donors (Lipinski definition) is 1. The van der Waals surface area contributed by atoms with Gasteiger partial charge in [0, 0.05) is 10.6 Å². The zero-order valence-corrected chi connectivity index (χ0v) is 12.3. The molecule has 18 heavy (non-hydrogen) atoms. The van der Waals surface area contributed by atoms with Gasteiger partial charge < -0.3 is 5.73 Å². The third-order valence-corrected chi connectivity index (χ3v) is 5.34. The zero-order valence-electron chi connectivity index (χ0n) is 9.93. The van der Waals surface area contributed by atoms with Crippen LogP contribution in [-0.2, 0) is 16.3 Å². The van der Waals surface area contributed by atoms with Crippen LogP contribution in [0.15, 0.2) is 24.3 Å². The fraction of sp³-hybridized carbons (Fsp3) is 0.500. The fourth-order valence-electron chi connectivity index (χ4n) is 2.14. The van der Waals surface area contributed by atoms with Gasteiger partial charge in [0.15, 0.2) is 0 Å². The highest BCUT2D eigenvalue weighted by Gasteiger charge is 2.34. The van der Waals surface area contributed by atoms with Gasteiger partial charge in [-0.2, -0.15) is 0 Å². The third kappa shape index (κ3) is 3.85. The minimum absolute atomic E-state index is 0. The molecule has 0 aliphatic carbocycles. The van der Waals surface area contributed by atoms with Crippen LogP contribution in [0.2, 0.25) is 5.02 Å². The van der Waals surface area contributed by atoms with Crippen LogP contribution in [0.3, 0.4) is 0 Å². The molecule has 102 valence electrons. The van der Waals surface area contributed by atoms with Crippen molar-refractivity contribution in [3.63, 3.8) is 0 Å². The summed E-state index contributed by atoms with van der Waals surface area (Å²) in [5.41, 5.74) is 6.82. The standard InChI is InChI=1S/C12H16ClNO2S.ClH/c13-11-4-2-1-3-10(11)9-12(14)5-7-17(15,16)8-6-12;/h1-4H,5-9,14H2;1H. The molecule has 1 aromatic carbocycles. The molecule has 2 N–H and O–H groups in total. The number of nitrogens with two attached hydrogens (primary N) is 1. The first-order valence-corrected chi connectivity index (χ1v) is 7.83. The molecule has 1 aliphatic heterocycles. The number of benzene rings is 1.